The molecular weight excluding hydrogens is 268 g/mol. The van der Waals surface area contributed by atoms with Gasteiger partial charge in [0.25, 0.3) is 0 Å². The maximum atomic E-state index is 11.7. The van der Waals surface area contributed by atoms with E-state index in [1.807, 2.05) is 19.2 Å². The van der Waals surface area contributed by atoms with Gasteiger partial charge in [-0.15, -0.1) is 0 Å². The number of benzene rings is 1. The highest BCUT2D eigenvalue weighted by Gasteiger charge is 2.18. The Hall–Kier alpha value is -1.68. The Labute approximate surface area is 124 Å². The molecule has 0 aliphatic rings. The summed E-state index contributed by atoms with van der Waals surface area (Å²) in [5.74, 6) is 0.0545. The minimum Gasteiger partial charge on any atom is -0.365 e. The van der Waals surface area contributed by atoms with Crippen molar-refractivity contribution in [3.05, 3.63) is 34.7 Å². The number of rotatable bonds is 3. The minimum absolute atomic E-state index is 0.0545. The Bertz CT molecular complexity index is 621. The van der Waals surface area contributed by atoms with Gasteiger partial charge in [0.05, 0.1) is 10.6 Å². The fraction of sp³-hybridized carbons (Fsp3) is 0.375. The van der Waals surface area contributed by atoms with Crippen LogP contribution in [0.4, 0.5) is 5.13 Å². The zero-order valence-electron chi connectivity index (χ0n) is 12.6. The van der Waals surface area contributed by atoms with Gasteiger partial charge in [0.1, 0.15) is 0 Å². The highest BCUT2D eigenvalue weighted by atomic mass is 32.1. The lowest BCUT2D eigenvalue weighted by Gasteiger charge is -2.19. The van der Waals surface area contributed by atoms with Crippen molar-refractivity contribution in [1.82, 2.24) is 4.98 Å². The quantitative estimate of drug-likeness (QED) is 0.854. The number of hydrogen-bond donors (Lipinski definition) is 1. The SMILES string of the molecule is CNc1nc(-c2ccc(C(C)(C)C)cc2)c(C(C)=O)s1. The van der Waals surface area contributed by atoms with Crippen molar-refractivity contribution >= 4 is 22.3 Å². The van der Waals surface area contributed by atoms with E-state index < -0.39 is 0 Å². The van der Waals surface area contributed by atoms with Crippen molar-refractivity contribution in [2.45, 2.75) is 33.1 Å². The van der Waals surface area contributed by atoms with Gasteiger partial charge < -0.3 is 5.32 Å². The molecule has 0 atom stereocenters. The third kappa shape index (κ3) is 2.90. The molecule has 106 valence electrons. The van der Waals surface area contributed by atoms with Crippen molar-refractivity contribution in [2.75, 3.05) is 12.4 Å². The number of Topliss-reactive ketones (excluding diaryl/α,β-unsaturated/α-hetero) is 1. The predicted molar refractivity (Wildman–Crippen MR) is 85.8 cm³/mol. The molecule has 4 heteroatoms. The summed E-state index contributed by atoms with van der Waals surface area (Å²) in [6.07, 6.45) is 0. The standard InChI is InChI=1S/C16H20N2OS/c1-10(19)14-13(18-15(17-5)20-14)11-6-8-12(9-7-11)16(2,3)4/h6-9H,1-5H3,(H,17,18). The van der Waals surface area contributed by atoms with E-state index in [4.69, 9.17) is 0 Å². The molecule has 0 bridgehead atoms. The van der Waals surface area contributed by atoms with Gasteiger partial charge in [0, 0.05) is 19.5 Å². The zero-order chi connectivity index (χ0) is 14.9. The Balaban J connectivity index is 2.46. The molecule has 0 fully saturated rings. The zero-order valence-corrected chi connectivity index (χ0v) is 13.4. The summed E-state index contributed by atoms with van der Waals surface area (Å²) in [6, 6.07) is 8.30. The first-order chi connectivity index (χ1) is 9.32. The van der Waals surface area contributed by atoms with Crippen LogP contribution in [0.25, 0.3) is 11.3 Å². The molecule has 1 N–H and O–H groups in total. The van der Waals surface area contributed by atoms with Crippen molar-refractivity contribution in [3.63, 3.8) is 0 Å². The van der Waals surface area contributed by atoms with Crippen molar-refractivity contribution in [3.8, 4) is 11.3 Å². The average Bonchev–Trinajstić information content (AvgIpc) is 2.82. The van der Waals surface area contributed by atoms with Crippen LogP contribution >= 0.6 is 11.3 Å². The van der Waals surface area contributed by atoms with E-state index in [0.29, 0.717) is 4.88 Å². The van der Waals surface area contributed by atoms with Crippen molar-refractivity contribution < 1.29 is 4.79 Å². The van der Waals surface area contributed by atoms with Crippen LogP contribution in [-0.4, -0.2) is 17.8 Å². The van der Waals surface area contributed by atoms with E-state index in [1.165, 1.54) is 16.9 Å². The fourth-order valence-electron chi connectivity index (χ4n) is 1.99. The van der Waals surface area contributed by atoms with Crippen LogP contribution in [0.2, 0.25) is 0 Å². The third-order valence-corrected chi connectivity index (χ3v) is 4.36. The van der Waals surface area contributed by atoms with Crippen LogP contribution in [0.3, 0.4) is 0 Å². The molecule has 20 heavy (non-hydrogen) atoms. The van der Waals surface area contributed by atoms with E-state index in [9.17, 15) is 4.79 Å². The summed E-state index contributed by atoms with van der Waals surface area (Å²) in [7, 11) is 1.81. The predicted octanol–water partition coefficient (Wildman–Crippen LogP) is 4.35. The van der Waals surface area contributed by atoms with Gasteiger partial charge in [-0.3, -0.25) is 4.79 Å². The molecule has 2 rings (SSSR count). The topological polar surface area (TPSA) is 42.0 Å². The molecular formula is C16H20N2OS. The highest BCUT2D eigenvalue weighted by Crippen LogP contribution is 2.32. The number of thiazole rings is 1. The monoisotopic (exact) mass is 288 g/mol. The second kappa shape index (κ2) is 5.37. The summed E-state index contributed by atoms with van der Waals surface area (Å²) < 4.78 is 0. The molecule has 0 saturated heterocycles. The van der Waals surface area contributed by atoms with Gasteiger partial charge in [0.15, 0.2) is 10.9 Å². The summed E-state index contributed by atoms with van der Waals surface area (Å²) in [5.41, 5.74) is 3.16. The van der Waals surface area contributed by atoms with E-state index >= 15 is 0 Å². The molecule has 0 saturated carbocycles. The van der Waals surface area contributed by atoms with Crippen LogP contribution < -0.4 is 5.32 Å². The van der Waals surface area contributed by atoms with Gasteiger partial charge >= 0.3 is 0 Å². The molecule has 1 aromatic carbocycles. The second-order valence-corrected chi connectivity index (χ2v) is 6.83. The lowest BCUT2D eigenvalue weighted by Crippen LogP contribution is -2.10. The molecule has 0 radical (unpaired) electrons. The Kier molecular flexibility index (Phi) is 3.95. The van der Waals surface area contributed by atoms with E-state index in [2.05, 4.69) is 43.2 Å². The second-order valence-electron chi connectivity index (χ2n) is 5.83. The number of anilines is 1. The first-order valence-electron chi connectivity index (χ1n) is 6.63. The number of nitrogens with one attached hydrogen (secondary N) is 1. The number of nitrogens with zero attached hydrogens (tertiary/aromatic N) is 1. The van der Waals surface area contributed by atoms with Gasteiger partial charge in [-0.1, -0.05) is 56.4 Å². The highest BCUT2D eigenvalue weighted by molar-refractivity contribution is 7.18. The molecule has 0 aliphatic heterocycles. The lowest BCUT2D eigenvalue weighted by atomic mass is 9.86. The molecule has 1 heterocycles. The molecule has 3 nitrogen and oxygen atoms in total. The number of ketones is 1. The number of carbonyl (C=O) groups excluding carboxylic acids is 1. The molecule has 0 aliphatic carbocycles. The van der Waals surface area contributed by atoms with E-state index in [0.717, 1.165) is 16.4 Å². The molecule has 2 aromatic rings. The Morgan fingerprint density at radius 3 is 2.25 bits per heavy atom. The van der Waals surface area contributed by atoms with E-state index in [1.54, 1.807) is 6.92 Å². The average molecular weight is 288 g/mol. The smallest absolute Gasteiger partial charge is 0.183 e. The largest absolute Gasteiger partial charge is 0.365 e. The maximum Gasteiger partial charge on any atom is 0.183 e. The summed E-state index contributed by atoms with van der Waals surface area (Å²) in [6.45, 7) is 8.14. The number of carbonyl (C=O) groups is 1. The van der Waals surface area contributed by atoms with Gasteiger partial charge in [-0.05, 0) is 11.0 Å². The minimum atomic E-state index is 0.0545. The summed E-state index contributed by atoms with van der Waals surface area (Å²) >= 11 is 1.40. The fourth-order valence-corrected chi connectivity index (χ4v) is 2.83. The Morgan fingerprint density at radius 2 is 1.80 bits per heavy atom. The van der Waals surface area contributed by atoms with Crippen LogP contribution in [-0.2, 0) is 5.41 Å². The molecule has 1 aromatic heterocycles. The Morgan fingerprint density at radius 1 is 1.20 bits per heavy atom. The van der Waals surface area contributed by atoms with Crippen LogP contribution in [0.1, 0.15) is 42.9 Å². The van der Waals surface area contributed by atoms with Gasteiger partial charge in [-0.25, -0.2) is 4.98 Å². The third-order valence-electron chi connectivity index (χ3n) is 3.19. The van der Waals surface area contributed by atoms with Crippen LogP contribution in [0.5, 0.6) is 0 Å². The first-order valence-corrected chi connectivity index (χ1v) is 7.45. The number of hydrogen-bond acceptors (Lipinski definition) is 4. The van der Waals surface area contributed by atoms with Gasteiger partial charge in [0.2, 0.25) is 0 Å². The van der Waals surface area contributed by atoms with Crippen molar-refractivity contribution in [1.29, 1.82) is 0 Å². The van der Waals surface area contributed by atoms with Crippen molar-refractivity contribution in [2.24, 2.45) is 0 Å². The normalized spacial score (nSPS) is 11.4. The first kappa shape index (κ1) is 14.7. The molecule has 0 spiro atoms. The van der Waals surface area contributed by atoms with Crippen LogP contribution in [0, 0.1) is 0 Å². The maximum absolute atomic E-state index is 11.7. The van der Waals surface area contributed by atoms with Crippen LogP contribution in [0.15, 0.2) is 24.3 Å². The lowest BCUT2D eigenvalue weighted by molar-refractivity contribution is 0.102. The number of aromatic nitrogens is 1. The van der Waals surface area contributed by atoms with E-state index in [-0.39, 0.29) is 11.2 Å². The molecule has 0 amide bonds. The summed E-state index contributed by atoms with van der Waals surface area (Å²) in [4.78, 5) is 16.9. The summed E-state index contributed by atoms with van der Waals surface area (Å²) in [5, 5.41) is 3.77. The molecule has 0 unspecified atom stereocenters. The van der Waals surface area contributed by atoms with Gasteiger partial charge in [-0.2, -0.15) is 0 Å².